The van der Waals surface area contributed by atoms with Gasteiger partial charge >= 0.3 is 12.6 Å². The van der Waals surface area contributed by atoms with Crippen molar-refractivity contribution in [2.24, 2.45) is 7.05 Å². The summed E-state index contributed by atoms with van der Waals surface area (Å²) < 4.78 is 60.3. The first-order valence-electron chi connectivity index (χ1n) is 19.7. The number of hydrogen-bond acceptors (Lipinski definition) is 11. The van der Waals surface area contributed by atoms with Crippen LogP contribution in [0.1, 0.15) is 62.8 Å². The predicted molar refractivity (Wildman–Crippen MR) is 210 cm³/mol. The molecule has 0 radical (unpaired) electrons. The molecule has 4 aromatic rings. The van der Waals surface area contributed by atoms with Gasteiger partial charge in [-0.25, -0.2) is 23.2 Å². The van der Waals surface area contributed by atoms with Gasteiger partial charge in [0.15, 0.2) is 11.6 Å². The number of alkyl halides is 2. The van der Waals surface area contributed by atoms with Gasteiger partial charge in [0.2, 0.25) is 21.9 Å². The molecular weight excluding hydrogens is 759 g/mol. The third kappa shape index (κ3) is 8.53. The van der Waals surface area contributed by atoms with Gasteiger partial charge in [0.05, 0.1) is 22.8 Å². The molecule has 2 N–H and O–H groups in total. The van der Waals surface area contributed by atoms with Gasteiger partial charge in [-0.05, 0) is 99.8 Å². The van der Waals surface area contributed by atoms with Crippen LogP contribution in [0.2, 0.25) is 0 Å². The number of hydrogen-bond donors (Lipinski definition) is 2. The smallest absolute Gasteiger partial charge is 0.387 e. The number of imide groups is 1. The Labute approximate surface area is 330 Å². The lowest BCUT2D eigenvalue weighted by atomic mass is 9.88. The molecule has 4 aliphatic rings. The molecule has 2 aromatic carbocycles. The minimum Gasteiger partial charge on any atom is -0.432 e. The van der Waals surface area contributed by atoms with Crippen LogP contribution in [0.25, 0.3) is 10.9 Å². The second-order valence-corrected chi connectivity index (χ2v) is 17.3. The summed E-state index contributed by atoms with van der Waals surface area (Å²) in [7, 11) is -1.84. The van der Waals surface area contributed by atoms with Gasteiger partial charge in [-0.1, -0.05) is 12.1 Å². The van der Waals surface area contributed by atoms with E-state index in [-0.39, 0.29) is 36.1 Å². The molecular formula is C39H48F2N10O5S. The molecule has 18 heteroatoms. The maximum Gasteiger partial charge on any atom is 0.387 e. The molecule has 0 bridgehead atoms. The van der Waals surface area contributed by atoms with Gasteiger partial charge in [0, 0.05) is 69.3 Å². The summed E-state index contributed by atoms with van der Waals surface area (Å²) in [5.74, 6) is 0.845. The molecule has 8 rings (SSSR count). The van der Waals surface area contributed by atoms with E-state index >= 15 is 0 Å². The largest absolute Gasteiger partial charge is 0.432 e. The molecule has 15 nitrogen and oxygen atoms in total. The number of piperidine rings is 3. The normalized spacial score (nSPS) is 21.0. The van der Waals surface area contributed by atoms with Crippen molar-refractivity contribution < 1.29 is 31.5 Å². The van der Waals surface area contributed by atoms with E-state index in [1.807, 2.05) is 36.0 Å². The summed E-state index contributed by atoms with van der Waals surface area (Å²) in [6.45, 7) is 1.74. The molecule has 304 valence electrons. The zero-order valence-electron chi connectivity index (χ0n) is 31.9. The molecule has 4 fully saturated rings. The van der Waals surface area contributed by atoms with Crippen LogP contribution in [0.15, 0.2) is 59.8 Å². The van der Waals surface area contributed by atoms with Crippen molar-refractivity contribution in [1.29, 1.82) is 0 Å². The number of halogens is 2. The maximum absolute atomic E-state index is 13.9. The average molecular weight is 807 g/mol. The summed E-state index contributed by atoms with van der Waals surface area (Å²) in [4.78, 5) is 39.1. The Balaban J connectivity index is 0.865. The minimum atomic E-state index is -3.73. The highest BCUT2D eigenvalue weighted by molar-refractivity contribution is 7.89. The second kappa shape index (κ2) is 16.5. The Hall–Kier alpha value is -4.94. The number of amides is 3. The topological polar surface area (TPSA) is 158 Å². The Morgan fingerprint density at radius 3 is 2.44 bits per heavy atom. The Morgan fingerprint density at radius 1 is 0.930 bits per heavy atom. The Morgan fingerprint density at radius 2 is 1.70 bits per heavy atom. The molecule has 0 unspecified atom stereocenters. The third-order valence-corrected chi connectivity index (χ3v) is 13.6. The van der Waals surface area contributed by atoms with E-state index in [9.17, 15) is 26.8 Å². The fraction of sp³-hybridized carbons (Fsp3) is 0.513. The number of carbonyl (C=O) groups excluding carboxylic acids is 2. The SMILES string of the molecule is Cn1nc(N2CCC(=O)NC2=O)c2ccc(C3CCN(C[C@@H]4CCCCN4c4cccc(S(=O)(=O)N5CCC(Nc6ncc(OC(F)F)cn6)CC5)c4)CC3)cc21. The molecule has 0 spiro atoms. The molecule has 6 heterocycles. The summed E-state index contributed by atoms with van der Waals surface area (Å²) in [6, 6.07) is 13.5. The van der Waals surface area contributed by atoms with Crippen LogP contribution in [0.3, 0.4) is 0 Å². The van der Waals surface area contributed by atoms with E-state index in [0.717, 1.165) is 74.9 Å². The number of sulfonamides is 1. The van der Waals surface area contributed by atoms with Crippen LogP contribution < -0.4 is 25.2 Å². The van der Waals surface area contributed by atoms with Crippen molar-refractivity contribution in [2.75, 3.05) is 60.9 Å². The van der Waals surface area contributed by atoms with Gasteiger partial charge in [0.25, 0.3) is 0 Å². The van der Waals surface area contributed by atoms with E-state index in [2.05, 4.69) is 52.4 Å². The van der Waals surface area contributed by atoms with Gasteiger partial charge in [-0.15, -0.1) is 0 Å². The van der Waals surface area contributed by atoms with E-state index < -0.39 is 22.7 Å². The molecule has 2 aromatic heterocycles. The molecule has 3 amide bonds. The lowest BCUT2D eigenvalue weighted by Crippen LogP contribution is -2.49. The van der Waals surface area contributed by atoms with E-state index in [1.165, 1.54) is 27.2 Å². The van der Waals surface area contributed by atoms with Crippen molar-refractivity contribution in [3.05, 3.63) is 60.4 Å². The van der Waals surface area contributed by atoms with Crippen molar-refractivity contribution in [3.8, 4) is 5.75 Å². The van der Waals surface area contributed by atoms with Gasteiger partial charge in [0.1, 0.15) is 0 Å². The number of carbonyl (C=O) groups is 2. The first-order chi connectivity index (χ1) is 27.5. The summed E-state index contributed by atoms with van der Waals surface area (Å²) in [5, 5.41) is 11.1. The summed E-state index contributed by atoms with van der Waals surface area (Å²) >= 11 is 0. The van der Waals surface area contributed by atoms with Gasteiger partial charge in [-0.3, -0.25) is 19.7 Å². The lowest BCUT2D eigenvalue weighted by molar-refractivity contribution is -0.120. The van der Waals surface area contributed by atoms with Crippen molar-refractivity contribution in [1.82, 2.24) is 34.3 Å². The predicted octanol–water partition coefficient (Wildman–Crippen LogP) is 4.91. The number of likely N-dealkylation sites (tertiary alicyclic amines) is 1. The van der Waals surface area contributed by atoms with Crippen LogP contribution in [0, 0.1) is 0 Å². The molecule has 4 saturated heterocycles. The van der Waals surface area contributed by atoms with E-state index in [1.54, 1.807) is 6.07 Å². The standard InChI is InChI=1S/C39H48F2N10O5S/c1-47-34-21-27(8-9-33(34)36(46-47)51-20-14-35(52)45-39(51)53)26-10-16-48(17-11-26)25-30-5-2-3-15-50(30)29-6-4-7-32(22-29)57(54,55)49-18-12-28(13-19-49)44-38-42-23-31(24-43-38)56-37(40)41/h4,6-9,21-24,26,28,30,37H,2-3,5,10-20,25H2,1H3,(H,42,43,44)(H,45,52,53)/t30-/m0/s1. The van der Waals surface area contributed by atoms with Crippen LogP contribution in [-0.2, 0) is 21.9 Å². The Kier molecular flexibility index (Phi) is 11.3. The molecule has 0 saturated carbocycles. The van der Waals surface area contributed by atoms with Crippen LogP contribution in [-0.4, -0.2) is 114 Å². The quantitative estimate of drug-likeness (QED) is 0.212. The highest BCUT2D eigenvalue weighted by Gasteiger charge is 2.33. The van der Waals surface area contributed by atoms with Crippen molar-refractivity contribution in [3.63, 3.8) is 0 Å². The number of nitrogens with zero attached hydrogens (tertiary/aromatic N) is 8. The highest BCUT2D eigenvalue weighted by atomic mass is 32.2. The summed E-state index contributed by atoms with van der Waals surface area (Å²) in [5.41, 5.74) is 3.15. The Bertz CT molecular complexity index is 2190. The van der Waals surface area contributed by atoms with Gasteiger partial charge < -0.3 is 19.9 Å². The number of aryl methyl sites for hydroxylation is 1. The third-order valence-electron chi connectivity index (χ3n) is 11.7. The number of nitrogens with one attached hydrogen (secondary N) is 2. The zero-order chi connectivity index (χ0) is 39.7. The minimum absolute atomic E-state index is 0.0630. The van der Waals surface area contributed by atoms with E-state index in [4.69, 9.17) is 0 Å². The number of anilines is 3. The fourth-order valence-corrected chi connectivity index (χ4v) is 10.2. The first kappa shape index (κ1) is 38.9. The van der Waals surface area contributed by atoms with E-state index in [0.29, 0.717) is 49.1 Å². The van der Waals surface area contributed by atoms with Gasteiger partial charge in [-0.2, -0.15) is 18.2 Å². The number of urea groups is 1. The molecule has 0 aliphatic carbocycles. The second-order valence-electron chi connectivity index (χ2n) is 15.3. The number of fused-ring (bicyclic) bond motifs is 1. The number of rotatable bonds is 11. The number of ether oxygens (including phenoxy) is 1. The van der Waals surface area contributed by atoms with Crippen LogP contribution in [0.4, 0.5) is 31.0 Å². The number of aromatic nitrogens is 4. The fourth-order valence-electron chi connectivity index (χ4n) is 8.70. The van der Waals surface area contributed by atoms with Crippen LogP contribution >= 0.6 is 0 Å². The lowest BCUT2D eigenvalue weighted by Gasteiger charge is -2.42. The van der Waals surface area contributed by atoms with Crippen LogP contribution in [0.5, 0.6) is 5.75 Å². The molecule has 57 heavy (non-hydrogen) atoms. The average Bonchev–Trinajstić information content (AvgIpc) is 3.54. The monoisotopic (exact) mass is 806 g/mol. The number of benzene rings is 2. The molecule has 4 aliphatic heterocycles. The summed E-state index contributed by atoms with van der Waals surface area (Å²) in [6.07, 6.45) is 8.98. The van der Waals surface area contributed by atoms with Crippen molar-refractivity contribution >= 4 is 50.3 Å². The first-order valence-corrected chi connectivity index (χ1v) is 21.2. The highest BCUT2D eigenvalue weighted by Crippen LogP contribution is 2.35. The zero-order valence-corrected chi connectivity index (χ0v) is 32.7. The molecule has 1 atom stereocenters. The van der Waals surface area contributed by atoms with Crippen molar-refractivity contribution in [2.45, 2.75) is 80.9 Å². The maximum atomic E-state index is 13.9.